The fourth-order valence-corrected chi connectivity index (χ4v) is 3.22. The minimum absolute atomic E-state index is 0.216. The van der Waals surface area contributed by atoms with Crippen LogP contribution >= 0.6 is 27.5 Å². The molecule has 3 rings (SSSR count). The van der Waals surface area contributed by atoms with Crippen molar-refractivity contribution in [3.8, 4) is 11.5 Å². The van der Waals surface area contributed by atoms with Gasteiger partial charge in [0.1, 0.15) is 0 Å². The number of hydrazone groups is 1. The largest absolute Gasteiger partial charge is 0.493 e. The number of nitrogens with zero attached hydrogens (tertiary/aromatic N) is 2. The minimum atomic E-state index is -0.216. The molecule has 2 aromatic rings. The van der Waals surface area contributed by atoms with Crippen molar-refractivity contribution in [2.75, 3.05) is 19.2 Å². The number of methoxy groups -OCH3 is 2. The first kappa shape index (κ1) is 18.5. The van der Waals surface area contributed by atoms with Gasteiger partial charge in [0.15, 0.2) is 11.5 Å². The van der Waals surface area contributed by atoms with Crippen LogP contribution in [0.5, 0.6) is 11.5 Å². The lowest BCUT2D eigenvalue weighted by atomic mass is 10.1. The van der Waals surface area contributed by atoms with Crippen LogP contribution in [-0.4, -0.2) is 25.8 Å². The molecule has 7 heteroatoms. The summed E-state index contributed by atoms with van der Waals surface area (Å²) in [5, 5.41) is 6.26. The van der Waals surface area contributed by atoms with E-state index in [2.05, 4.69) is 21.0 Å². The summed E-state index contributed by atoms with van der Waals surface area (Å²) in [6.45, 7) is 1.79. The average molecular weight is 436 g/mol. The van der Waals surface area contributed by atoms with Crippen molar-refractivity contribution in [3.05, 3.63) is 57.0 Å². The van der Waals surface area contributed by atoms with E-state index in [1.165, 1.54) is 5.01 Å². The second-order valence-corrected chi connectivity index (χ2v) is 6.86. The van der Waals surface area contributed by atoms with Crippen LogP contribution in [0.2, 0.25) is 5.02 Å². The van der Waals surface area contributed by atoms with Crippen LogP contribution in [0.3, 0.4) is 0 Å². The third-order valence-electron chi connectivity index (χ3n) is 3.92. The molecule has 1 heterocycles. The summed E-state index contributed by atoms with van der Waals surface area (Å²) in [4.78, 5) is 12.8. The van der Waals surface area contributed by atoms with Crippen LogP contribution < -0.4 is 14.5 Å². The molecule has 0 radical (unpaired) electrons. The van der Waals surface area contributed by atoms with E-state index in [0.717, 1.165) is 10.0 Å². The fraction of sp³-hybridized carbons (Fsp3) is 0.158. The normalized spacial score (nSPS) is 15.4. The maximum Gasteiger partial charge on any atom is 0.280 e. The van der Waals surface area contributed by atoms with E-state index in [4.69, 9.17) is 21.1 Å². The Balaban J connectivity index is 2.00. The second kappa shape index (κ2) is 7.51. The molecule has 0 N–H and O–H groups in total. The lowest BCUT2D eigenvalue weighted by Crippen LogP contribution is -2.21. The zero-order chi connectivity index (χ0) is 18.8. The molecule has 26 heavy (non-hydrogen) atoms. The summed E-state index contributed by atoms with van der Waals surface area (Å²) in [6, 6.07) is 10.6. The maximum atomic E-state index is 12.8. The van der Waals surface area contributed by atoms with Crippen LogP contribution in [0, 0.1) is 0 Å². The van der Waals surface area contributed by atoms with Gasteiger partial charge in [0.2, 0.25) is 0 Å². The van der Waals surface area contributed by atoms with Crippen LogP contribution in [0.15, 0.2) is 51.5 Å². The van der Waals surface area contributed by atoms with Crippen LogP contribution in [0.4, 0.5) is 5.69 Å². The first-order valence-corrected chi connectivity index (χ1v) is 8.90. The van der Waals surface area contributed by atoms with Gasteiger partial charge in [-0.15, -0.1) is 0 Å². The molecule has 134 valence electrons. The monoisotopic (exact) mass is 434 g/mol. The Morgan fingerprint density at radius 2 is 1.85 bits per heavy atom. The molecule has 0 bridgehead atoms. The molecule has 0 aliphatic carbocycles. The lowest BCUT2D eigenvalue weighted by molar-refractivity contribution is -0.114. The van der Waals surface area contributed by atoms with E-state index in [9.17, 15) is 4.79 Å². The van der Waals surface area contributed by atoms with Crippen molar-refractivity contribution in [2.45, 2.75) is 6.92 Å². The highest BCUT2D eigenvalue weighted by atomic mass is 79.9. The maximum absolute atomic E-state index is 12.8. The number of halogens is 2. The Morgan fingerprint density at radius 1 is 1.15 bits per heavy atom. The van der Waals surface area contributed by atoms with Gasteiger partial charge in [-0.3, -0.25) is 4.79 Å². The van der Waals surface area contributed by atoms with E-state index in [1.807, 2.05) is 0 Å². The fourth-order valence-electron chi connectivity index (χ4n) is 2.60. The molecule has 5 nitrogen and oxygen atoms in total. The van der Waals surface area contributed by atoms with E-state index in [-0.39, 0.29) is 5.91 Å². The third-order valence-corrected chi connectivity index (χ3v) is 4.84. The highest BCUT2D eigenvalue weighted by Gasteiger charge is 2.29. The molecule has 1 amide bonds. The number of carbonyl (C=O) groups excluding carboxylic acids is 1. The van der Waals surface area contributed by atoms with Gasteiger partial charge in [-0.05, 0) is 48.9 Å². The van der Waals surface area contributed by atoms with Crippen molar-refractivity contribution in [3.63, 3.8) is 0 Å². The van der Waals surface area contributed by atoms with Gasteiger partial charge in [-0.25, -0.2) is 0 Å². The van der Waals surface area contributed by atoms with Crippen molar-refractivity contribution in [1.29, 1.82) is 0 Å². The summed E-state index contributed by atoms with van der Waals surface area (Å²) in [6.07, 6.45) is 1.78. The van der Waals surface area contributed by atoms with Gasteiger partial charge in [0, 0.05) is 9.50 Å². The van der Waals surface area contributed by atoms with E-state index in [0.29, 0.717) is 33.5 Å². The Morgan fingerprint density at radius 3 is 2.50 bits per heavy atom. The molecular formula is C19H16BrClN2O3. The number of ether oxygens (including phenoxy) is 2. The molecule has 0 spiro atoms. The second-order valence-electron chi connectivity index (χ2n) is 5.57. The SMILES string of the molecule is COc1cc(Br)c(C=C2C(=O)N(c3cccc(Cl)c3)N=C2C)cc1OC. The Bertz CT molecular complexity index is 940. The molecule has 2 aromatic carbocycles. The van der Waals surface area contributed by atoms with Gasteiger partial charge in [0.25, 0.3) is 5.91 Å². The van der Waals surface area contributed by atoms with Crippen molar-refractivity contribution >= 4 is 50.9 Å². The predicted octanol–water partition coefficient (Wildman–Crippen LogP) is 4.93. The number of hydrogen-bond donors (Lipinski definition) is 0. The predicted molar refractivity (Wildman–Crippen MR) is 107 cm³/mol. The summed E-state index contributed by atoms with van der Waals surface area (Å²) in [5.41, 5.74) is 2.53. The molecule has 0 aromatic heterocycles. The zero-order valence-electron chi connectivity index (χ0n) is 14.4. The molecule has 1 aliphatic heterocycles. The highest BCUT2D eigenvalue weighted by molar-refractivity contribution is 9.10. The van der Waals surface area contributed by atoms with Crippen LogP contribution in [-0.2, 0) is 4.79 Å². The Kier molecular flexibility index (Phi) is 5.34. The molecule has 0 saturated carbocycles. The summed E-state index contributed by atoms with van der Waals surface area (Å²) in [5.74, 6) is 0.964. The zero-order valence-corrected chi connectivity index (χ0v) is 16.8. The molecule has 0 fully saturated rings. The van der Waals surface area contributed by atoms with Gasteiger partial charge in [-0.1, -0.05) is 33.6 Å². The van der Waals surface area contributed by atoms with E-state index < -0.39 is 0 Å². The molecule has 1 aliphatic rings. The van der Waals surface area contributed by atoms with Gasteiger partial charge in [-0.2, -0.15) is 10.1 Å². The summed E-state index contributed by atoms with van der Waals surface area (Å²) >= 11 is 9.53. The molecule has 0 saturated heterocycles. The number of rotatable bonds is 4. The van der Waals surface area contributed by atoms with Crippen LogP contribution in [0.25, 0.3) is 6.08 Å². The molecule has 0 atom stereocenters. The quantitative estimate of drug-likeness (QED) is 0.640. The molecule has 0 unspecified atom stereocenters. The summed E-state index contributed by atoms with van der Waals surface area (Å²) in [7, 11) is 3.14. The average Bonchev–Trinajstić information content (AvgIpc) is 2.91. The lowest BCUT2D eigenvalue weighted by Gasteiger charge is -2.12. The Hall–Kier alpha value is -2.31. The van der Waals surface area contributed by atoms with Gasteiger partial charge >= 0.3 is 0 Å². The first-order valence-electron chi connectivity index (χ1n) is 7.73. The number of benzene rings is 2. The smallest absolute Gasteiger partial charge is 0.280 e. The topological polar surface area (TPSA) is 51.1 Å². The van der Waals surface area contributed by atoms with E-state index >= 15 is 0 Å². The van der Waals surface area contributed by atoms with E-state index in [1.54, 1.807) is 63.6 Å². The molecular weight excluding hydrogens is 420 g/mol. The minimum Gasteiger partial charge on any atom is -0.493 e. The van der Waals surface area contributed by atoms with Crippen molar-refractivity contribution in [2.24, 2.45) is 5.10 Å². The number of amides is 1. The Labute approximate surface area is 165 Å². The standard InChI is InChI=1S/C19H16BrClN2O3/c1-11-15(7-12-8-17(25-2)18(26-3)10-16(12)20)19(24)23(22-11)14-6-4-5-13(21)9-14/h4-10H,1-3H3. The number of anilines is 1. The van der Waals surface area contributed by atoms with Crippen LogP contribution in [0.1, 0.15) is 12.5 Å². The van der Waals surface area contributed by atoms with Gasteiger partial charge < -0.3 is 9.47 Å². The highest BCUT2D eigenvalue weighted by Crippen LogP contribution is 2.35. The van der Waals surface area contributed by atoms with Gasteiger partial charge in [0.05, 0.1) is 31.2 Å². The number of hydrogen-bond acceptors (Lipinski definition) is 4. The van der Waals surface area contributed by atoms with Crippen molar-refractivity contribution < 1.29 is 14.3 Å². The van der Waals surface area contributed by atoms with Crippen molar-refractivity contribution in [1.82, 2.24) is 0 Å². The third kappa shape index (κ3) is 3.48. The first-order chi connectivity index (χ1) is 12.4. The number of carbonyl (C=O) groups is 1. The summed E-state index contributed by atoms with van der Waals surface area (Å²) < 4.78 is 11.4.